The van der Waals surface area contributed by atoms with Crippen LogP contribution in [0, 0.1) is 29.7 Å². The highest BCUT2D eigenvalue weighted by molar-refractivity contribution is 5.98. The van der Waals surface area contributed by atoms with Crippen molar-refractivity contribution in [2.24, 2.45) is 4.99 Å². The van der Waals surface area contributed by atoms with E-state index in [2.05, 4.69) is 25.9 Å². The summed E-state index contributed by atoms with van der Waals surface area (Å²) >= 11 is 0. The number of benzene rings is 2. The third-order valence-electron chi connectivity index (χ3n) is 5.56. The first kappa shape index (κ1) is 24.6. The van der Waals surface area contributed by atoms with Crippen LogP contribution in [0.5, 0.6) is 11.5 Å². The molecule has 1 aliphatic heterocycles. The summed E-state index contributed by atoms with van der Waals surface area (Å²) in [5.74, 6) is 0.683. The Kier molecular flexibility index (Phi) is 6.93. The van der Waals surface area contributed by atoms with Crippen molar-refractivity contribution in [1.29, 1.82) is 10.5 Å². The fourth-order valence-corrected chi connectivity index (χ4v) is 3.77. The summed E-state index contributed by atoms with van der Waals surface area (Å²) in [4.78, 5) is 21.1. The molecule has 0 radical (unpaired) electrons. The lowest BCUT2D eigenvalue weighted by Gasteiger charge is -2.26. The van der Waals surface area contributed by atoms with Crippen LogP contribution in [-0.2, 0) is 4.79 Å². The lowest BCUT2D eigenvalue weighted by atomic mass is 9.95. The van der Waals surface area contributed by atoms with E-state index >= 15 is 0 Å². The van der Waals surface area contributed by atoms with E-state index in [9.17, 15) is 10.1 Å². The van der Waals surface area contributed by atoms with Gasteiger partial charge in [0.05, 0.1) is 12.8 Å². The number of pyridine rings is 1. The normalized spacial score (nSPS) is 13.6. The number of nitrogens with zero attached hydrogens (tertiary/aromatic N) is 4. The van der Waals surface area contributed by atoms with E-state index in [0.717, 1.165) is 5.56 Å². The Morgan fingerprint density at radius 2 is 1.92 bits per heavy atom. The molecule has 1 atom stereocenters. The quantitative estimate of drug-likeness (QED) is 0.249. The van der Waals surface area contributed by atoms with E-state index in [0.29, 0.717) is 28.3 Å². The third-order valence-corrected chi connectivity index (χ3v) is 5.56. The van der Waals surface area contributed by atoms with E-state index < -0.39 is 6.04 Å². The van der Waals surface area contributed by atoms with Crippen LogP contribution >= 0.6 is 0 Å². The minimum Gasteiger partial charge on any atom is -0.493 e. The lowest BCUT2D eigenvalue weighted by molar-refractivity contribution is -0.118. The number of methoxy groups -OCH3 is 1. The van der Waals surface area contributed by atoms with Crippen molar-refractivity contribution < 1.29 is 14.3 Å². The topological polar surface area (TPSA) is 196 Å². The van der Waals surface area contributed by atoms with E-state index in [1.807, 2.05) is 25.1 Å². The molecule has 1 unspecified atom stereocenters. The highest BCUT2D eigenvalue weighted by Crippen LogP contribution is 2.42. The molecule has 37 heavy (non-hydrogen) atoms. The van der Waals surface area contributed by atoms with Gasteiger partial charge in [-0.05, 0) is 36.8 Å². The first-order valence-electron chi connectivity index (χ1n) is 11.0. The largest absolute Gasteiger partial charge is 0.493 e. The number of nitrogen functional groups attached to an aromatic ring is 2. The molecule has 0 saturated carbocycles. The van der Waals surface area contributed by atoms with Gasteiger partial charge in [-0.25, -0.2) is 9.98 Å². The van der Waals surface area contributed by atoms with E-state index in [1.165, 1.54) is 7.11 Å². The molecule has 2 aromatic carbocycles. The summed E-state index contributed by atoms with van der Waals surface area (Å²) < 4.78 is 11.2. The fraction of sp³-hybridized carbons (Fsp3) is 0.160. The van der Waals surface area contributed by atoms with Crippen molar-refractivity contribution in [3.8, 4) is 23.8 Å². The number of hydrogen-bond acceptors (Lipinski definition) is 11. The molecular weight excluding hydrogens is 474 g/mol. The van der Waals surface area contributed by atoms with Crippen molar-refractivity contribution in [2.45, 2.75) is 13.0 Å². The molecular formula is C25H23N9O3. The Hall–Kier alpha value is -5.49. The predicted molar refractivity (Wildman–Crippen MR) is 138 cm³/mol. The minimum absolute atomic E-state index is 0.0314. The van der Waals surface area contributed by atoms with Crippen LogP contribution in [0.2, 0.25) is 0 Å². The number of ether oxygens (including phenoxy) is 2. The third kappa shape index (κ3) is 5.13. The molecule has 12 nitrogen and oxygen atoms in total. The molecule has 0 aliphatic carbocycles. The monoisotopic (exact) mass is 497 g/mol. The van der Waals surface area contributed by atoms with Gasteiger partial charge in [0.15, 0.2) is 24.3 Å². The fourth-order valence-electron chi connectivity index (χ4n) is 3.77. The highest BCUT2D eigenvalue weighted by atomic mass is 16.5. The number of fused-ring (bicyclic) bond motifs is 1. The molecule has 7 N–H and O–H groups in total. The van der Waals surface area contributed by atoms with Gasteiger partial charge in [-0.3, -0.25) is 10.1 Å². The Morgan fingerprint density at radius 1 is 1.16 bits per heavy atom. The van der Waals surface area contributed by atoms with Crippen molar-refractivity contribution in [2.75, 3.05) is 35.8 Å². The average Bonchev–Trinajstić information content (AvgIpc) is 2.88. The Labute approximate surface area is 212 Å². The minimum atomic E-state index is -0.750. The number of aliphatic imine (C=N–C) groups is 1. The van der Waals surface area contributed by atoms with Crippen LogP contribution in [0.15, 0.2) is 47.5 Å². The molecule has 1 amide bonds. The molecule has 1 aliphatic rings. The Bertz CT molecular complexity index is 1470. The number of nitriles is 2. The second-order valence-electron chi connectivity index (χ2n) is 8.02. The van der Waals surface area contributed by atoms with Gasteiger partial charge in [0, 0.05) is 11.3 Å². The smallest absolute Gasteiger partial charge is 0.262 e. The number of aromatic nitrogens is 1. The molecule has 4 rings (SSSR count). The van der Waals surface area contributed by atoms with Crippen LogP contribution in [0.25, 0.3) is 0 Å². The number of nitrogens with one attached hydrogen (secondary N) is 3. The van der Waals surface area contributed by atoms with Crippen LogP contribution in [-0.4, -0.2) is 30.6 Å². The molecule has 2 heterocycles. The van der Waals surface area contributed by atoms with Crippen molar-refractivity contribution in [3.05, 3.63) is 64.7 Å². The number of aryl methyl sites for hydroxylation is 1. The molecule has 12 heteroatoms. The summed E-state index contributed by atoms with van der Waals surface area (Å²) in [6, 6.07) is 13.6. The van der Waals surface area contributed by atoms with Crippen LogP contribution < -0.4 is 36.9 Å². The zero-order valence-electron chi connectivity index (χ0n) is 20.0. The van der Waals surface area contributed by atoms with Gasteiger partial charge in [-0.1, -0.05) is 23.8 Å². The number of anilines is 4. The number of nitrogens with two attached hydrogens (primary N) is 2. The molecule has 1 aromatic heterocycles. The lowest BCUT2D eigenvalue weighted by Crippen LogP contribution is -2.32. The van der Waals surface area contributed by atoms with Crippen LogP contribution in [0.4, 0.5) is 23.0 Å². The van der Waals surface area contributed by atoms with Crippen molar-refractivity contribution in [3.63, 3.8) is 0 Å². The first-order valence-corrected chi connectivity index (χ1v) is 11.0. The number of rotatable bonds is 6. The average molecular weight is 498 g/mol. The number of guanidine groups is 1. The molecule has 3 aromatic rings. The maximum Gasteiger partial charge on any atom is 0.262 e. The molecule has 0 fully saturated rings. The predicted octanol–water partition coefficient (Wildman–Crippen LogP) is 2.39. The molecule has 0 saturated heterocycles. The van der Waals surface area contributed by atoms with E-state index in [-0.39, 0.29) is 41.4 Å². The second-order valence-corrected chi connectivity index (χ2v) is 8.02. The van der Waals surface area contributed by atoms with Crippen LogP contribution in [0.1, 0.15) is 28.3 Å². The molecule has 0 spiro atoms. The van der Waals surface area contributed by atoms with Gasteiger partial charge in [0.2, 0.25) is 5.96 Å². The summed E-state index contributed by atoms with van der Waals surface area (Å²) in [5, 5.41) is 26.6. The molecule has 186 valence electrons. The maximum atomic E-state index is 12.4. The number of hydrogen-bond donors (Lipinski definition) is 5. The van der Waals surface area contributed by atoms with Crippen molar-refractivity contribution in [1.82, 2.24) is 10.3 Å². The maximum absolute atomic E-state index is 12.4. The summed E-state index contributed by atoms with van der Waals surface area (Å²) in [6.45, 7) is 1.72. The Morgan fingerprint density at radius 3 is 2.59 bits per heavy atom. The van der Waals surface area contributed by atoms with E-state index in [1.54, 1.807) is 36.5 Å². The van der Waals surface area contributed by atoms with Gasteiger partial charge in [-0.15, -0.1) is 0 Å². The van der Waals surface area contributed by atoms with Gasteiger partial charge in [-0.2, -0.15) is 10.5 Å². The van der Waals surface area contributed by atoms with Gasteiger partial charge >= 0.3 is 0 Å². The zero-order chi connectivity index (χ0) is 26.5. The van der Waals surface area contributed by atoms with Gasteiger partial charge < -0.3 is 31.6 Å². The number of carbonyl (C=O) groups is 1. The van der Waals surface area contributed by atoms with Gasteiger partial charge in [0.1, 0.15) is 29.3 Å². The Balaban J connectivity index is 1.62. The van der Waals surface area contributed by atoms with Gasteiger partial charge in [0.25, 0.3) is 5.91 Å². The SMILES string of the molecule is COc1cc(C2N=C(NC#N)Nc3nc(N)c(C#N)c(N)c32)ccc1OCC(=O)Nc1ccc(C)cc1. The summed E-state index contributed by atoms with van der Waals surface area (Å²) in [7, 11) is 1.46. The first-order chi connectivity index (χ1) is 17.8. The zero-order valence-corrected chi connectivity index (χ0v) is 20.0. The summed E-state index contributed by atoms with van der Waals surface area (Å²) in [5.41, 5.74) is 15.1. The summed E-state index contributed by atoms with van der Waals surface area (Å²) in [6.07, 6.45) is 1.80. The number of amides is 1. The standard InChI is InChI=1S/C25H23N9O3/c1-13-3-6-15(7-4-13)31-19(35)11-37-17-8-5-14(9-18(17)36-2)22-20-21(28)16(10-26)23(29)33-24(20)34-25(32-22)30-12-27/h3-9,22H,11H2,1-2H3,(H,31,35)(H6,28,29,30,32,33,34). The van der Waals surface area contributed by atoms with Crippen molar-refractivity contribution >= 4 is 34.9 Å². The van der Waals surface area contributed by atoms with E-state index in [4.69, 9.17) is 26.2 Å². The van der Waals surface area contributed by atoms with Crippen LogP contribution in [0.3, 0.4) is 0 Å². The number of carbonyl (C=O) groups excluding carboxylic acids is 1. The second kappa shape index (κ2) is 10.4. The highest BCUT2D eigenvalue weighted by Gasteiger charge is 2.30. The molecule has 0 bridgehead atoms.